The summed E-state index contributed by atoms with van der Waals surface area (Å²) < 4.78 is 0. The molecule has 0 aromatic carbocycles. The summed E-state index contributed by atoms with van der Waals surface area (Å²) in [5.74, 6) is 1.51. The van der Waals surface area contributed by atoms with Crippen LogP contribution in [-0.4, -0.2) is 12.6 Å². The third-order valence-electron chi connectivity index (χ3n) is 3.81. The van der Waals surface area contributed by atoms with Crippen molar-refractivity contribution in [1.29, 1.82) is 0 Å². The van der Waals surface area contributed by atoms with Gasteiger partial charge in [-0.1, -0.05) is 31.4 Å². The highest BCUT2D eigenvalue weighted by Crippen LogP contribution is 2.27. The molecule has 1 fully saturated rings. The van der Waals surface area contributed by atoms with Crippen molar-refractivity contribution in [3.63, 3.8) is 0 Å². The van der Waals surface area contributed by atoms with Gasteiger partial charge in [0.2, 0.25) is 0 Å². The monoisotopic (exact) mass is 223 g/mol. The van der Waals surface area contributed by atoms with Gasteiger partial charge in [-0.15, -0.1) is 0 Å². The van der Waals surface area contributed by atoms with E-state index in [0.29, 0.717) is 6.10 Å². The summed E-state index contributed by atoms with van der Waals surface area (Å²) in [5.41, 5.74) is 4.76. The molecule has 0 amide bonds. The summed E-state index contributed by atoms with van der Waals surface area (Å²) in [7, 11) is 0. The first-order chi connectivity index (χ1) is 7.74. The van der Waals surface area contributed by atoms with Crippen molar-refractivity contribution in [2.45, 2.75) is 58.5 Å². The Morgan fingerprint density at radius 3 is 2.81 bits per heavy atom. The van der Waals surface area contributed by atoms with Crippen LogP contribution in [0, 0.1) is 11.8 Å². The Bertz CT molecular complexity index is 243. The zero-order valence-corrected chi connectivity index (χ0v) is 10.7. The van der Waals surface area contributed by atoms with Gasteiger partial charge in [0.25, 0.3) is 0 Å². The first-order valence-corrected chi connectivity index (χ1v) is 6.80. The van der Waals surface area contributed by atoms with Crippen LogP contribution < -0.4 is 5.48 Å². The van der Waals surface area contributed by atoms with E-state index in [0.717, 1.165) is 18.4 Å². The molecule has 2 unspecified atom stereocenters. The van der Waals surface area contributed by atoms with E-state index in [-0.39, 0.29) is 0 Å². The Hall–Kier alpha value is -0.340. The standard InChI is InChI=1S/C14H25NO/c1-11-7-12(2)9-13(8-11)10-15-16-14-5-3-4-6-14/h7,11,13-15H,3-6,8-10H2,1-2H3. The van der Waals surface area contributed by atoms with Crippen molar-refractivity contribution in [2.75, 3.05) is 6.54 Å². The van der Waals surface area contributed by atoms with E-state index in [4.69, 9.17) is 4.84 Å². The van der Waals surface area contributed by atoms with Crippen LogP contribution in [0.4, 0.5) is 0 Å². The maximum Gasteiger partial charge on any atom is 0.0790 e. The summed E-state index contributed by atoms with van der Waals surface area (Å²) in [5, 5.41) is 0. The molecule has 2 aliphatic carbocycles. The van der Waals surface area contributed by atoms with Crippen molar-refractivity contribution in [1.82, 2.24) is 5.48 Å². The Morgan fingerprint density at radius 1 is 1.38 bits per heavy atom. The molecule has 0 aromatic heterocycles. The van der Waals surface area contributed by atoms with E-state index >= 15 is 0 Å². The molecule has 2 nitrogen and oxygen atoms in total. The number of nitrogens with one attached hydrogen (secondary N) is 1. The van der Waals surface area contributed by atoms with E-state index in [2.05, 4.69) is 25.4 Å². The fourth-order valence-electron chi connectivity index (χ4n) is 3.13. The van der Waals surface area contributed by atoms with E-state index < -0.39 is 0 Å². The fourth-order valence-corrected chi connectivity index (χ4v) is 3.13. The van der Waals surface area contributed by atoms with Crippen LogP contribution in [-0.2, 0) is 4.84 Å². The average Bonchev–Trinajstić information content (AvgIpc) is 2.69. The maximum atomic E-state index is 5.71. The second-order valence-electron chi connectivity index (χ2n) is 5.67. The third kappa shape index (κ3) is 3.60. The van der Waals surface area contributed by atoms with E-state index in [1.54, 1.807) is 5.57 Å². The minimum absolute atomic E-state index is 0.484. The van der Waals surface area contributed by atoms with Crippen LogP contribution >= 0.6 is 0 Å². The molecule has 0 spiro atoms. The van der Waals surface area contributed by atoms with Gasteiger partial charge in [0.1, 0.15) is 0 Å². The summed E-state index contributed by atoms with van der Waals surface area (Å²) in [6.45, 7) is 5.58. The first kappa shape index (κ1) is 12.1. The summed E-state index contributed by atoms with van der Waals surface area (Å²) in [4.78, 5) is 5.71. The largest absolute Gasteiger partial charge is 0.299 e. The molecular formula is C14H25NO. The first-order valence-electron chi connectivity index (χ1n) is 6.80. The molecule has 0 radical (unpaired) electrons. The SMILES string of the molecule is CC1=CC(C)CC(CNOC2CCCC2)C1. The number of hydroxylamine groups is 1. The van der Waals surface area contributed by atoms with Gasteiger partial charge in [-0.25, -0.2) is 5.48 Å². The molecule has 0 bridgehead atoms. The van der Waals surface area contributed by atoms with Crippen LogP contribution in [0.3, 0.4) is 0 Å². The van der Waals surface area contributed by atoms with Gasteiger partial charge in [0, 0.05) is 6.54 Å². The molecule has 2 rings (SSSR count). The summed E-state index contributed by atoms with van der Waals surface area (Å²) in [6, 6.07) is 0. The molecule has 2 aliphatic rings. The van der Waals surface area contributed by atoms with E-state index in [1.807, 2.05) is 0 Å². The Labute approximate surface area is 99.4 Å². The van der Waals surface area contributed by atoms with Crippen LogP contribution in [0.25, 0.3) is 0 Å². The second-order valence-corrected chi connectivity index (χ2v) is 5.67. The van der Waals surface area contributed by atoms with Crippen LogP contribution in [0.5, 0.6) is 0 Å². The highest BCUT2D eigenvalue weighted by molar-refractivity contribution is 5.06. The molecule has 0 aliphatic heterocycles. The zero-order valence-electron chi connectivity index (χ0n) is 10.7. The normalized spacial score (nSPS) is 31.8. The number of hydrogen-bond acceptors (Lipinski definition) is 2. The van der Waals surface area contributed by atoms with Crippen LogP contribution in [0.15, 0.2) is 11.6 Å². The topological polar surface area (TPSA) is 21.3 Å². The van der Waals surface area contributed by atoms with Crippen LogP contribution in [0.2, 0.25) is 0 Å². The molecule has 0 aromatic rings. The van der Waals surface area contributed by atoms with Gasteiger partial charge in [-0.05, 0) is 44.4 Å². The van der Waals surface area contributed by atoms with Crippen molar-refractivity contribution < 1.29 is 4.84 Å². The fraction of sp³-hybridized carbons (Fsp3) is 0.857. The lowest BCUT2D eigenvalue weighted by atomic mass is 9.84. The second kappa shape index (κ2) is 5.83. The van der Waals surface area contributed by atoms with Crippen molar-refractivity contribution >= 4 is 0 Å². The lowest BCUT2D eigenvalue weighted by Crippen LogP contribution is -2.29. The zero-order chi connectivity index (χ0) is 11.4. The quantitative estimate of drug-likeness (QED) is 0.582. The van der Waals surface area contributed by atoms with Crippen molar-refractivity contribution in [2.24, 2.45) is 11.8 Å². The highest BCUT2D eigenvalue weighted by Gasteiger charge is 2.19. The maximum absolute atomic E-state index is 5.71. The van der Waals surface area contributed by atoms with Gasteiger partial charge >= 0.3 is 0 Å². The highest BCUT2D eigenvalue weighted by atomic mass is 16.7. The van der Waals surface area contributed by atoms with Gasteiger partial charge in [0.05, 0.1) is 6.10 Å². The van der Waals surface area contributed by atoms with Crippen LogP contribution in [0.1, 0.15) is 52.4 Å². The number of rotatable bonds is 4. The molecule has 1 saturated carbocycles. The molecule has 2 atom stereocenters. The van der Waals surface area contributed by atoms with Gasteiger partial charge in [-0.3, -0.25) is 4.84 Å². The van der Waals surface area contributed by atoms with E-state index in [9.17, 15) is 0 Å². The molecule has 2 heteroatoms. The third-order valence-corrected chi connectivity index (χ3v) is 3.81. The molecule has 16 heavy (non-hydrogen) atoms. The molecule has 0 heterocycles. The minimum Gasteiger partial charge on any atom is -0.299 e. The lowest BCUT2D eigenvalue weighted by Gasteiger charge is -2.26. The van der Waals surface area contributed by atoms with Crippen molar-refractivity contribution in [3.05, 3.63) is 11.6 Å². The molecule has 92 valence electrons. The molecule has 0 saturated heterocycles. The smallest absolute Gasteiger partial charge is 0.0790 e. The Morgan fingerprint density at radius 2 is 2.12 bits per heavy atom. The summed E-state index contributed by atoms with van der Waals surface area (Å²) >= 11 is 0. The number of allylic oxidation sites excluding steroid dienone is 2. The molecule has 1 N–H and O–H groups in total. The van der Waals surface area contributed by atoms with Gasteiger partial charge < -0.3 is 0 Å². The lowest BCUT2D eigenvalue weighted by molar-refractivity contribution is -0.0279. The van der Waals surface area contributed by atoms with E-state index in [1.165, 1.54) is 38.5 Å². The average molecular weight is 223 g/mol. The predicted octanol–water partition coefficient (Wildman–Crippen LogP) is 3.44. The Kier molecular flexibility index (Phi) is 4.42. The number of hydrogen-bond donors (Lipinski definition) is 1. The minimum atomic E-state index is 0.484. The Balaban J connectivity index is 1.64. The van der Waals surface area contributed by atoms with Gasteiger partial charge in [0.15, 0.2) is 0 Å². The summed E-state index contributed by atoms with van der Waals surface area (Å²) in [6.07, 6.45) is 10.6. The predicted molar refractivity (Wildman–Crippen MR) is 67.0 cm³/mol. The van der Waals surface area contributed by atoms with Gasteiger partial charge in [-0.2, -0.15) is 0 Å². The van der Waals surface area contributed by atoms with Crippen molar-refractivity contribution in [3.8, 4) is 0 Å². The molecular weight excluding hydrogens is 198 g/mol.